The average molecular weight is 295 g/mol. The van der Waals surface area contributed by atoms with Crippen LogP contribution in [0.2, 0.25) is 5.02 Å². The summed E-state index contributed by atoms with van der Waals surface area (Å²) in [4.78, 5) is 5.66. The van der Waals surface area contributed by atoms with Crippen molar-refractivity contribution in [3.8, 4) is 0 Å². The zero-order valence-corrected chi connectivity index (χ0v) is 10.9. The van der Waals surface area contributed by atoms with Crippen LogP contribution in [0.4, 0.5) is 19.0 Å². The topological polar surface area (TPSA) is 36.4 Å². The fourth-order valence-electron chi connectivity index (χ4n) is 2.22. The van der Waals surface area contributed by atoms with Gasteiger partial charge < -0.3 is 10.0 Å². The number of aliphatic hydroxyl groups excluding tert-OH is 1. The number of hydrogen-bond acceptors (Lipinski definition) is 3. The lowest BCUT2D eigenvalue weighted by Crippen LogP contribution is -2.37. The Bertz CT molecular complexity index is 453. The van der Waals surface area contributed by atoms with Crippen LogP contribution in [0.15, 0.2) is 12.3 Å². The number of anilines is 1. The van der Waals surface area contributed by atoms with Gasteiger partial charge in [0.2, 0.25) is 0 Å². The first-order chi connectivity index (χ1) is 8.91. The zero-order chi connectivity index (χ0) is 14.0. The molecule has 1 aliphatic heterocycles. The highest BCUT2D eigenvalue weighted by Gasteiger charge is 2.32. The number of hydrogen-bond donors (Lipinski definition) is 1. The first-order valence-electron chi connectivity index (χ1n) is 6.00. The molecule has 3 nitrogen and oxygen atoms in total. The summed E-state index contributed by atoms with van der Waals surface area (Å²) in [6.45, 7) is 1.32. The molecule has 19 heavy (non-hydrogen) atoms. The normalized spacial score (nSPS) is 20.7. The molecule has 1 atom stereocenters. The van der Waals surface area contributed by atoms with Gasteiger partial charge in [-0.25, -0.2) is 4.98 Å². The molecule has 0 aromatic carbocycles. The highest BCUT2D eigenvalue weighted by molar-refractivity contribution is 6.33. The van der Waals surface area contributed by atoms with E-state index in [0.717, 1.165) is 25.1 Å². The molecule has 106 valence electrons. The Hall–Kier alpha value is -1.01. The molecule has 2 rings (SSSR count). The Kier molecular flexibility index (Phi) is 4.20. The molecule has 0 saturated carbocycles. The van der Waals surface area contributed by atoms with Crippen LogP contribution < -0.4 is 4.90 Å². The molecule has 1 saturated heterocycles. The van der Waals surface area contributed by atoms with Gasteiger partial charge in [-0.3, -0.25) is 0 Å². The minimum atomic E-state index is -4.44. The Morgan fingerprint density at radius 1 is 1.47 bits per heavy atom. The van der Waals surface area contributed by atoms with E-state index in [1.54, 1.807) is 0 Å². The van der Waals surface area contributed by atoms with Crippen LogP contribution in [0.1, 0.15) is 18.4 Å². The van der Waals surface area contributed by atoms with E-state index in [1.165, 1.54) is 0 Å². The predicted octanol–water partition coefficient (Wildman–Crippen LogP) is 2.96. The summed E-state index contributed by atoms with van der Waals surface area (Å²) in [5.41, 5.74) is -0.850. The van der Waals surface area contributed by atoms with Gasteiger partial charge in [-0.1, -0.05) is 11.6 Å². The Labute approximate surface area is 114 Å². The van der Waals surface area contributed by atoms with Crippen molar-refractivity contribution in [3.63, 3.8) is 0 Å². The molecule has 0 amide bonds. The van der Waals surface area contributed by atoms with E-state index < -0.39 is 11.7 Å². The summed E-state index contributed by atoms with van der Waals surface area (Å²) in [6.07, 6.45) is -1.87. The molecule has 1 N–H and O–H groups in total. The fourth-order valence-corrected chi connectivity index (χ4v) is 2.51. The molecule has 0 aliphatic carbocycles. The predicted molar refractivity (Wildman–Crippen MR) is 66.3 cm³/mol. The van der Waals surface area contributed by atoms with Gasteiger partial charge >= 0.3 is 6.18 Å². The molecule has 2 heterocycles. The van der Waals surface area contributed by atoms with Crippen molar-refractivity contribution >= 4 is 17.4 Å². The number of aliphatic hydroxyl groups is 1. The molecule has 0 spiro atoms. The van der Waals surface area contributed by atoms with Crippen molar-refractivity contribution in [1.82, 2.24) is 4.98 Å². The summed E-state index contributed by atoms with van der Waals surface area (Å²) in [7, 11) is 0. The van der Waals surface area contributed by atoms with Gasteiger partial charge in [0.25, 0.3) is 0 Å². The maximum absolute atomic E-state index is 12.5. The van der Waals surface area contributed by atoms with E-state index in [1.807, 2.05) is 4.90 Å². The molecule has 1 aromatic rings. The van der Waals surface area contributed by atoms with Crippen LogP contribution >= 0.6 is 11.6 Å². The quantitative estimate of drug-likeness (QED) is 0.911. The number of aromatic nitrogens is 1. The average Bonchev–Trinajstić information content (AvgIpc) is 2.37. The van der Waals surface area contributed by atoms with Crippen molar-refractivity contribution in [2.24, 2.45) is 5.92 Å². The van der Waals surface area contributed by atoms with E-state index in [0.29, 0.717) is 18.9 Å². The second-order valence-electron chi connectivity index (χ2n) is 4.66. The van der Waals surface area contributed by atoms with E-state index in [-0.39, 0.29) is 17.5 Å². The first kappa shape index (κ1) is 14.4. The van der Waals surface area contributed by atoms with Gasteiger partial charge in [0.15, 0.2) is 0 Å². The summed E-state index contributed by atoms with van der Waals surface area (Å²) in [5.74, 6) is 0.474. The van der Waals surface area contributed by atoms with Crippen molar-refractivity contribution in [2.75, 3.05) is 24.6 Å². The maximum atomic E-state index is 12.5. The molecular weight excluding hydrogens is 281 g/mol. The summed E-state index contributed by atoms with van der Waals surface area (Å²) in [6, 6.07) is 0.895. The van der Waals surface area contributed by atoms with E-state index in [4.69, 9.17) is 16.7 Å². The SMILES string of the molecule is OC[C@@H]1CCCN(c2ncc(C(F)(F)F)cc2Cl)C1. The standard InChI is InChI=1S/C12H14ClF3N2O/c13-10-4-9(12(14,15)16)5-17-11(10)18-3-1-2-8(6-18)7-19/h4-5,8,19H,1-3,6-7H2/t8-/m1/s1. The molecule has 7 heteroatoms. The van der Waals surface area contributed by atoms with Crippen LogP contribution in [0.25, 0.3) is 0 Å². The van der Waals surface area contributed by atoms with Gasteiger partial charge in [-0.2, -0.15) is 13.2 Å². The second kappa shape index (κ2) is 5.54. The third-order valence-electron chi connectivity index (χ3n) is 3.23. The molecule has 0 unspecified atom stereocenters. The number of pyridine rings is 1. The highest BCUT2D eigenvalue weighted by Crippen LogP contribution is 2.34. The number of halogens is 4. The van der Waals surface area contributed by atoms with E-state index in [2.05, 4.69) is 4.98 Å². The van der Waals surface area contributed by atoms with Crippen molar-refractivity contribution < 1.29 is 18.3 Å². The fraction of sp³-hybridized carbons (Fsp3) is 0.583. The maximum Gasteiger partial charge on any atom is 0.417 e. The lowest BCUT2D eigenvalue weighted by Gasteiger charge is -2.33. The van der Waals surface area contributed by atoms with Crippen molar-refractivity contribution in [1.29, 1.82) is 0 Å². The molecule has 0 radical (unpaired) electrons. The van der Waals surface area contributed by atoms with Gasteiger partial charge in [0.1, 0.15) is 5.82 Å². The van der Waals surface area contributed by atoms with Gasteiger partial charge in [-0.05, 0) is 24.8 Å². The zero-order valence-electron chi connectivity index (χ0n) is 10.1. The lowest BCUT2D eigenvalue weighted by atomic mass is 9.99. The molecule has 1 aromatic heterocycles. The van der Waals surface area contributed by atoms with Crippen LogP contribution in [-0.4, -0.2) is 29.8 Å². The highest BCUT2D eigenvalue weighted by atomic mass is 35.5. The van der Waals surface area contributed by atoms with Crippen LogP contribution in [0, 0.1) is 5.92 Å². The molecule has 1 aliphatic rings. The summed E-state index contributed by atoms with van der Waals surface area (Å²) >= 11 is 5.89. The van der Waals surface area contributed by atoms with Crippen molar-refractivity contribution in [2.45, 2.75) is 19.0 Å². The van der Waals surface area contributed by atoms with Crippen molar-refractivity contribution in [3.05, 3.63) is 22.8 Å². The van der Waals surface area contributed by atoms with E-state index in [9.17, 15) is 13.2 Å². The number of nitrogens with zero attached hydrogens (tertiary/aromatic N) is 2. The number of alkyl halides is 3. The Morgan fingerprint density at radius 2 is 2.21 bits per heavy atom. The van der Waals surface area contributed by atoms with Gasteiger partial charge in [0, 0.05) is 25.9 Å². The summed E-state index contributed by atoms with van der Waals surface area (Å²) < 4.78 is 37.5. The second-order valence-corrected chi connectivity index (χ2v) is 5.07. The summed E-state index contributed by atoms with van der Waals surface area (Å²) in [5, 5.41) is 9.14. The number of piperidine rings is 1. The molecule has 1 fully saturated rings. The third-order valence-corrected chi connectivity index (χ3v) is 3.50. The Morgan fingerprint density at radius 3 is 2.79 bits per heavy atom. The molecule has 0 bridgehead atoms. The lowest BCUT2D eigenvalue weighted by molar-refractivity contribution is -0.137. The largest absolute Gasteiger partial charge is 0.417 e. The van der Waals surface area contributed by atoms with Crippen LogP contribution in [0.5, 0.6) is 0 Å². The monoisotopic (exact) mass is 294 g/mol. The van der Waals surface area contributed by atoms with Crippen LogP contribution in [0.3, 0.4) is 0 Å². The Balaban J connectivity index is 2.21. The smallest absolute Gasteiger partial charge is 0.396 e. The van der Waals surface area contributed by atoms with E-state index >= 15 is 0 Å². The minimum Gasteiger partial charge on any atom is -0.396 e. The molecular formula is C12H14ClF3N2O. The van der Waals surface area contributed by atoms with Gasteiger partial charge in [0.05, 0.1) is 10.6 Å². The third kappa shape index (κ3) is 3.30. The first-order valence-corrected chi connectivity index (χ1v) is 6.38. The number of rotatable bonds is 2. The van der Waals surface area contributed by atoms with Gasteiger partial charge in [-0.15, -0.1) is 0 Å². The minimum absolute atomic E-state index is 0.00610. The van der Waals surface area contributed by atoms with Crippen LogP contribution in [-0.2, 0) is 6.18 Å².